The number of amides is 2. The first-order chi connectivity index (χ1) is 12.7. The minimum Gasteiger partial charge on any atom is -0.493 e. The molecule has 1 aliphatic heterocycles. The monoisotopic (exact) mass is 356 g/mol. The molecule has 1 heterocycles. The van der Waals surface area contributed by atoms with Gasteiger partial charge in [0, 0.05) is 18.8 Å². The largest absolute Gasteiger partial charge is 0.493 e. The van der Waals surface area contributed by atoms with Crippen LogP contribution in [0.2, 0.25) is 0 Å². The van der Waals surface area contributed by atoms with E-state index in [-0.39, 0.29) is 6.03 Å². The molecule has 0 aromatic heterocycles. The zero-order chi connectivity index (χ0) is 18.5. The molecular formula is C20H24N2O4. The van der Waals surface area contributed by atoms with E-state index in [0.29, 0.717) is 30.2 Å². The number of rotatable bonds is 6. The highest BCUT2D eigenvalue weighted by atomic mass is 16.5. The Morgan fingerprint density at radius 1 is 1.08 bits per heavy atom. The first-order valence-electron chi connectivity index (χ1n) is 8.60. The van der Waals surface area contributed by atoms with Crippen LogP contribution in [0.3, 0.4) is 0 Å². The standard InChI is InChI=1S/C20H24N2O4/c1-24-17-12-14(13-18(25-2)19(17)26-3)8-10-21-20(23)22-11-9-15-6-4-5-7-16(15)22/h4-7,12-13H,8-11H2,1-3H3,(H,21,23). The maximum atomic E-state index is 12.5. The van der Waals surface area contributed by atoms with Crippen molar-refractivity contribution >= 4 is 11.7 Å². The Bertz CT molecular complexity index is 766. The summed E-state index contributed by atoms with van der Waals surface area (Å²) in [4.78, 5) is 14.3. The molecule has 0 unspecified atom stereocenters. The third kappa shape index (κ3) is 3.54. The van der Waals surface area contributed by atoms with E-state index in [4.69, 9.17) is 14.2 Å². The summed E-state index contributed by atoms with van der Waals surface area (Å²) < 4.78 is 16.1. The van der Waals surface area contributed by atoms with Gasteiger partial charge in [-0.05, 0) is 42.2 Å². The number of fused-ring (bicyclic) bond motifs is 1. The SMILES string of the molecule is COc1cc(CCNC(=O)N2CCc3ccccc32)cc(OC)c1OC. The third-order valence-corrected chi connectivity index (χ3v) is 4.55. The fourth-order valence-electron chi connectivity index (χ4n) is 3.24. The van der Waals surface area contributed by atoms with Crippen LogP contribution in [-0.4, -0.2) is 40.5 Å². The second-order valence-electron chi connectivity index (χ2n) is 6.05. The fourth-order valence-corrected chi connectivity index (χ4v) is 3.24. The molecule has 0 atom stereocenters. The van der Waals surface area contributed by atoms with Crippen molar-refractivity contribution in [3.05, 3.63) is 47.5 Å². The number of carbonyl (C=O) groups is 1. The summed E-state index contributed by atoms with van der Waals surface area (Å²) >= 11 is 0. The van der Waals surface area contributed by atoms with E-state index in [1.807, 2.05) is 30.3 Å². The molecular weight excluding hydrogens is 332 g/mol. The highest BCUT2D eigenvalue weighted by Crippen LogP contribution is 2.38. The Morgan fingerprint density at radius 2 is 1.77 bits per heavy atom. The molecule has 1 aliphatic rings. The quantitative estimate of drug-likeness (QED) is 0.864. The number of anilines is 1. The molecule has 0 saturated carbocycles. The van der Waals surface area contributed by atoms with Gasteiger partial charge in [0.05, 0.1) is 21.3 Å². The Labute approximate surface area is 153 Å². The predicted octanol–water partition coefficient (Wildman–Crippen LogP) is 3.03. The van der Waals surface area contributed by atoms with Crippen molar-refractivity contribution in [1.29, 1.82) is 0 Å². The lowest BCUT2D eigenvalue weighted by molar-refractivity contribution is 0.247. The van der Waals surface area contributed by atoms with Crippen molar-refractivity contribution in [3.8, 4) is 17.2 Å². The van der Waals surface area contributed by atoms with Gasteiger partial charge in [0.2, 0.25) is 5.75 Å². The van der Waals surface area contributed by atoms with Crippen LogP contribution >= 0.6 is 0 Å². The molecule has 26 heavy (non-hydrogen) atoms. The van der Waals surface area contributed by atoms with Crippen LogP contribution in [0.15, 0.2) is 36.4 Å². The number of hydrogen-bond acceptors (Lipinski definition) is 4. The number of ether oxygens (including phenoxy) is 3. The molecule has 2 amide bonds. The normalized spacial score (nSPS) is 12.5. The summed E-state index contributed by atoms with van der Waals surface area (Å²) in [6.45, 7) is 1.24. The van der Waals surface area contributed by atoms with Crippen molar-refractivity contribution in [2.24, 2.45) is 0 Å². The number of urea groups is 1. The molecule has 0 spiro atoms. The van der Waals surface area contributed by atoms with E-state index in [1.165, 1.54) is 5.56 Å². The Morgan fingerprint density at radius 3 is 2.42 bits per heavy atom. The number of nitrogens with zero attached hydrogens (tertiary/aromatic N) is 1. The topological polar surface area (TPSA) is 60.0 Å². The van der Waals surface area contributed by atoms with Crippen LogP contribution in [0.4, 0.5) is 10.5 Å². The van der Waals surface area contributed by atoms with Crippen molar-refractivity contribution in [1.82, 2.24) is 5.32 Å². The number of benzene rings is 2. The number of carbonyl (C=O) groups excluding carboxylic acids is 1. The number of methoxy groups -OCH3 is 3. The smallest absolute Gasteiger partial charge is 0.321 e. The van der Waals surface area contributed by atoms with E-state index >= 15 is 0 Å². The summed E-state index contributed by atoms with van der Waals surface area (Å²) in [7, 11) is 4.76. The van der Waals surface area contributed by atoms with Gasteiger partial charge in [-0.3, -0.25) is 4.90 Å². The van der Waals surface area contributed by atoms with Gasteiger partial charge in [-0.15, -0.1) is 0 Å². The second-order valence-corrected chi connectivity index (χ2v) is 6.05. The lowest BCUT2D eigenvalue weighted by Crippen LogP contribution is -2.39. The average Bonchev–Trinajstić information content (AvgIpc) is 3.11. The average molecular weight is 356 g/mol. The van der Waals surface area contributed by atoms with Crippen LogP contribution < -0.4 is 24.4 Å². The molecule has 0 radical (unpaired) electrons. The molecule has 0 fully saturated rings. The van der Waals surface area contributed by atoms with Gasteiger partial charge in [0.1, 0.15) is 0 Å². The van der Waals surface area contributed by atoms with Crippen molar-refractivity contribution in [3.63, 3.8) is 0 Å². The third-order valence-electron chi connectivity index (χ3n) is 4.55. The van der Waals surface area contributed by atoms with E-state index in [2.05, 4.69) is 11.4 Å². The molecule has 2 aromatic rings. The minimum atomic E-state index is -0.0672. The van der Waals surface area contributed by atoms with Gasteiger partial charge in [0.25, 0.3) is 0 Å². The Balaban J connectivity index is 1.62. The van der Waals surface area contributed by atoms with Crippen LogP contribution in [-0.2, 0) is 12.8 Å². The second kappa shape index (κ2) is 7.99. The van der Waals surface area contributed by atoms with Crippen LogP contribution in [0, 0.1) is 0 Å². The van der Waals surface area contributed by atoms with Gasteiger partial charge in [-0.2, -0.15) is 0 Å². The number of para-hydroxylation sites is 1. The van der Waals surface area contributed by atoms with Gasteiger partial charge in [-0.1, -0.05) is 18.2 Å². The van der Waals surface area contributed by atoms with Gasteiger partial charge in [0.15, 0.2) is 11.5 Å². The molecule has 1 N–H and O–H groups in total. The number of hydrogen-bond donors (Lipinski definition) is 1. The van der Waals surface area contributed by atoms with Crippen molar-refractivity contribution in [2.75, 3.05) is 39.3 Å². The van der Waals surface area contributed by atoms with E-state index in [1.54, 1.807) is 26.2 Å². The Hall–Kier alpha value is -2.89. The Kier molecular flexibility index (Phi) is 5.51. The minimum absolute atomic E-state index is 0.0672. The molecule has 138 valence electrons. The van der Waals surface area contributed by atoms with Gasteiger partial charge in [-0.25, -0.2) is 4.79 Å². The first kappa shape index (κ1) is 17.9. The molecule has 0 aliphatic carbocycles. The maximum absolute atomic E-state index is 12.5. The maximum Gasteiger partial charge on any atom is 0.321 e. The summed E-state index contributed by atoms with van der Waals surface area (Å²) in [5.41, 5.74) is 3.21. The fraction of sp³-hybridized carbons (Fsp3) is 0.350. The highest BCUT2D eigenvalue weighted by Gasteiger charge is 2.23. The summed E-state index contributed by atoms with van der Waals surface area (Å²) in [6.07, 6.45) is 1.56. The lowest BCUT2D eigenvalue weighted by Gasteiger charge is -2.18. The van der Waals surface area contributed by atoms with Crippen LogP contribution in [0.5, 0.6) is 17.2 Å². The first-order valence-corrected chi connectivity index (χ1v) is 8.60. The van der Waals surface area contributed by atoms with E-state index in [9.17, 15) is 4.79 Å². The zero-order valence-electron chi connectivity index (χ0n) is 15.4. The van der Waals surface area contributed by atoms with Gasteiger partial charge >= 0.3 is 6.03 Å². The molecule has 0 bridgehead atoms. The zero-order valence-corrected chi connectivity index (χ0v) is 15.4. The lowest BCUT2D eigenvalue weighted by atomic mass is 10.1. The molecule has 3 rings (SSSR count). The summed E-state index contributed by atoms with van der Waals surface area (Å²) in [6, 6.07) is 11.8. The molecule has 6 heteroatoms. The van der Waals surface area contributed by atoms with Crippen LogP contribution in [0.25, 0.3) is 0 Å². The van der Waals surface area contributed by atoms with Crippen molar-refractivity contribution < 1.29 is 19.0 Å². The van der Waals surface area contributed by atoms with Crippen molar-refractivity contribution in [2.45, 2.75) is 12.8 Å². The van der Waals surface area contributed by atoms with Crippen LogP contribution in [0.1, 0.15) is 11.1 Å². The predicted molar refractivity (Wildman–Crippen MR) is 101 cm³/mol. The van der Waals surface area contributed by atoms with E-state index < -0.39 is 0 Å². The summed E-state index contributed by atoms with van der Waals surface area (Å²) in [5.74, 6) is 1.79. The molecule has 2 aromatic carbocycles. The van der Waals surface area contributed by atoms with Gasteiger partial charge < -0.3 is 19.5 Å². The van der Waals surface area contributed by atoms with E-state index in [0.717, 1.165) is 24.2 Å². The summed E-state index contributed by atoms with van der Waals surface area (Å²) in [5, 5.41) is 2.99. The molecule has 6 nitrogen and oxygen atoms in total. The highest BCUT2D eigenvalue weighted by molar-refractivity contribution is 5.94. The molecule has 0 saturated heterocycles. The number of nitrogens with one attached hydrogen (secondary N) is 1.